The fourth-order valence-electron chi connectivity index (χ4n) is 2.16. The summed E-state index contributed by atoms with van der Waals surface area (Å²) >= 11 is 2.01. The maximum atomic E-state index is 9.40. The van der Waals surface area contributed by atoms with Crippen molar-refractivity contribution in [1.82, 2.24) is 0 Å². The van der Waals surface area contributed by atoms with E-state index < -0.39 is 0 Å². The Morgan fingerprint density at radius 3 is 2.00 bits per heavy atom. The van der Waals surface area contributed by atoms with Crippen molar-refractivity contribution < 1.29 is 5.11 Å². The van der Waals surface area contributed by atoms with E-state index in [9.17, 15) is 5.11 Å². The minimum atomic E-state index is -0.305. The Morgan fingerprint density at radius 2 is 1.89 bits per heavy atom. The number of hydrogen-bond donors (Lipinski definition) is 1. The predicted molar refractivity (Wildman–Crippen MR) is 39.6 cm³/mol. The van der Waals surface area contributed by atoms with E-state index in [-0.39, 0.29) is 5.60 Å². The van der Waals surface area contributed by atoms with E-state index in [0.717, 1.165) is 12.8 Å². The van der Waals surface area contributed by atoms with Crippen molar-refractivity contribution in [1.29, 1.82) is 0 Å². The lowest BCUT2D eigenvalue weighted by Gasteiger charge is -2.56. The fourth-order valence-corrected chi connectivity index (χ4v) is 3.35. The molecule has 0 amide bonds. The van der Waals surface area contributed by atoms with E-state index in [0.29, 0.717) is 5.41 Å². The van der Waals surface area contributed by atoms with Gasteiger partial charge in [-0.25, -0.2) is 0 Å². The molecule has 0 aromatic rings. The van der Waals surface area contributed by atoms with E-state index in [1.54, 1.807) is 0 Å². The molecule has 1 aliphatic heterocycles. The lowest BCUT2D eigenvalue weighted by molar-refractivity contribution is -0.0978. The van der Waals surface area contributed by atoms with Gasteiger partial charge in [0.1, 0.15) is 0 Å². The minimum Gasteiger partial charge on any atom is -0.390 e. The Hall–Kier alpha value is 0.310. The van der Waals surface area contributed by atoms with Gasteiger partial charge in [0.25, 0.3) is 0 Å². The van der Waals surface area contributed by atoms with E-state index in [2.05, 4.69) is 0 Å². The Labute approximate surface area is 59.8 Å². The molecule has 2 aliphatic rings. The molecule has 52 valence electrons. The van der Waals surface area contributed by atoms with Crippen molar-refractivity contribution in [2.45, 2.75) is 25.4 Å². The summed E-state index contributed by atoms with van der Waals surface area (Å²) in [5.74, 6) is 2.59. The second-order valence-electron chi connectivity index (χ2n) is 3.84. The Morgan fingerprint density at radius 1 is 1.33 bits per heavy atom. The third kappa shape index (κ3) is 0.802. The van der Waals surface area contributed by atoms with Crippen LogP contribution in [0, 0.1) is 5.41 Å². The molecule has 9 heavy (non-hydrogen) atoms. The first-order valence-corrected chi connectivity index (χ1v) is 4.58. The molecule has 1 saturated carbocycles. The summed E-state index contributed by atoms with van der Waals surface area (Å²) in [5.41, 5.74) is 0.287. The van der Waals surface area contributed by atoms with Gasteiger partial charge >= 0.3 is 0 Å². The average Bonchev–Trinajstić information content (AvgIpc) is 1.54. The van der Waals surface area contributed by atoms with Gasteiger partial charge in [-0.2, -0.15) is 11.8 Å². The molecular formula is C7H12OS. The SMILES string of the molecule is CC1(O)CC2(CSC2)C1. The Kier molecular flexibility index (Phi) is 0.996. The summed E-state index contributed by atoms with van der Waals surface area (Å²) in [4.78, 5) is 0. The van der Waals surface area contributed by atoms with Gasteiger partial charge in [-0.3, -0.25) is 0 Å². The molecule has 0 bridgehead atoms. The molecule has 1 heterocycles. The molecule has 2 heteroatoms. The van der Waals surface area contributed by atoms with Crippen LogP contribution in [0.3, 0.4) is 0 Å². The van der Waals surface area contributed by atoms with Crippen LogP contribution in [0.15, 0.2) is 0 Å². The van der Waals surface area contributed by atoms with Gasteiger partial charge in [0.15, 0.2) is 0 Å². The van der Waals surface area contributed by atoms with E-state index in [1.807, 2.05) is 18.7 Å². The Bertz CT molecular complexity index is 128. The molecule has 2 fully saturated rings. The number of hydrogen-bond acceptors (Lipinski definition) is 2. The van der Waals surface area contributed by atoms with Gasteiger partial charge in [-0.15, -0.1) is 0 Å². The highest BCUT2D eigenvalue weighted by Gasteiger charge is 2.54. The normalized spacial score (nSPS) is 35.3. The van der Waals surface area contributed by atoms with Crippen molar-refractivity contribution >= 4 is 11.8 Å². The van der Waals surface area contributed by atoms with Crippen molar-refractivity contribution in [2.75, 3.05) is 11.5 Å². The zero-order chi connectivity index (χ0) is 6.54. The van der Waals surface area contributed by atoms with Crippen LogP contribution in [0.2, 0.25) is 0 Å². The zero-order valence-electron chi connectivity index (χ0n) is 5.68. The smallest absolute Gasteiger partial charge is 0.0631 e. The monoisotopic (exact) mass is 144 g/mol. The first-order valence-electron chi connectivity index (χ1n) is 3.42. The summed E-state index contributed by atoms with van der Waals surface area (Å²) in [6.07, 6.45) is 2.10. The first kappa shape index (κ1) is 6.05. The molecular weight excluding hydrogens is 132 g/mol. The third-order valence-electron chi connectivity index (χ3n) is 2.33. The molecule has 1 saturated heterocycles. The summed E-state index contributed by atoms with van der Waals surface area (Å²) in [6, 6.07) is 0. The lowest BCUT2D eigenvalue weighted by Crippen LogP contribution is -2.56. The zero-order valence-corrected chi connectivity index (χ0v) is 6.50. The molecule has 0 aromatic heterocycles. The van der Waals surface area contributed by atoms with Crippen molar-refractivity contribution in [2.24, 2.45) is 5.41 Å². The van der Waals surface area contributed by atoms with Crippen molar-refractivity contribution in [3.8, 4) is 0 Å². The highest BCUT2D eigenvalue weighted by atomic mass is 32.2. The maximum Gasteiger partial charge on any atom is 0.0631 e. The Balaban J connectivity index is 1.96. The van der Waals surface area contributed by atoms with Gasteiger partial charge in [-0.05, 0) is 36.7 Å². The van der Waals surface area contributed by atoms with Gasteiger partial charge in [-0.1, -0.05) is 0 Å². The first-order chi connectivity index (χ1) is 4.12. The topological polar surface area (TPSA) is 20.2 Å². The number of aliphatic hydroxyl groups is 1. The molecule has 0 atom stereocenters. The van der Waals surface area contributed by atoms with Gasteiger partial charge < -0.3 is 5.11 Å². The summed E-state index contributed by atoms with van der Waals surface area (Å²) < 4.78 is 0. The largest absolute Gasteiger partial charge is 0.390 e. The highest BCUT2D eigenvalue weighted by Crippen LogP contribution is 2.57. The van der Waals surface area contributed by atoms with Gasteiger partial charge in [0.05, 0.1) is 5.60 Å². The van der Waals surface area contributed by atoms with Gasteiger partial charge in [0, 0.05) is 0 Å². The minimum absolute atomic E-state index is 0.305. The maximum absolute atomic E-state index is 9.40. The third-order valence-corrected chi connectivity index (χ3v) is 3.96. The fraction of sp³-hybridized carbons (Fsp3) is 1.00. The van der Waals surface area contributed by atoms with Crippen molar-refractivity contribution in [3.05, 3.63) is 0 Å². The molecule has 2 rings (SSSR count). The van der Waals surface area contributed by atoms with Crippen LogP contribution in [-0.4, -0.2) is 22.2 Å². The van der Waals surface area contributed by atoms with E-state index in [4.69, 9.17) is 0 Å². The predicted octanol–water partition coefficient (Wildman–Crippen LogP) is 1.26. The molecule has 0 radical (unpaired) electrons. The average molecular weight is 144 g/mol. The van der Waals surface area contributed by atoms with Gasteiger partial charge in [0.2, 0.25) is 0 Å². The van der Waals surface area contributed by atoms with Crippen LogP contribution in [0.1, 0.15) is 19.8 Å². The van der Waals surface area contributed by atoms with Crippen LogP contribution in [0.5, 0.6) is 0 Å². The molecule has 1 N–H and O–H groups in total. The van der Waals surface area contributed by atoms with Crippen LogP contribution >= 0.6 is 11.8 Å². The lowest BCUT2D eigenvalue weighted by atomic mass is 9.61. The van der Waals surface area contributed by atoms with Crippen LogP contribution in [0.25, 0.3) is 0 Å². The van der Waals surface area contributed by atoms with E-state index >= 15 is 0 Å². The molecule has 1 spiro atoms. The van der Waals surface area contributed by atoms with Crippen LogP contribution < -0.4 is 0 Å². The second kappa shape index (κ2) is 1.48. The second-order valence-corrected chi connectivity index (χ2v) is 4.83. The molecule has 1 aliphatic carbocycles. The summed E-state index contributed by atoms with van der Waals surface area (Å²) in [6.45, 7) is 1.95. The van der Waals surface area contributed by atoms with E-state index in [1.165, 1.54) is 11.5 Å². The number of rotatable bonds is 0. The summed E-state index contributed by atoms with van der Waals surface area (Å²) in [5, 5.41) is 9.40. The molecule has 0 unspecified atom stereocenters. The quantitative estimate of drug-likeness (QED) is 0.552. The van der Waals surface area contributed by atoms with Crippen molar-refractivity contribution in [3.63, 3.8) is 0 Å². The van der Waals surface area contributed by atoms with Crippen LogP contribution in [0.4, 0.5) is 0 Å². The highest BCUT2D eigenvalue weighted by molar-refractivity contribution is 8.00. The summed E-state index contributed by atoms with van der Waals surface area (Å²) in [7, 11) is 0. The standard InChI is InChI=1S/C7H12OS/c1-6(8)2-7(3-6)4-9-5-7/h8H,2-5H2,1H3. The van der Waals surface area contributed by atoms with Crippen LogP contribution in [-0.2, 0) is 0 Å². The molecule has 1 nitrogen and oxygen atoms in total. The number of thioether (sulfide) groups is 1. The molecule has 0 aromatic carbocycles.